The number of carbonyl (C=O) groups excluding carboxylic acids is 2. The summed E-state index contributed by atoms with van der Waals surface area (Å²) in [6.07, 6.45) is 3.80. The summed E-state index contributed by atoms with van der Waals surface area (Å²) in [4.78, 5) is 26.6. The highest BCUT2D eigenvalue weighted by molar-refractivity contribution is 7.91. The van der Waals surface area contributed by atoms with Crippen LogP contribution in [0.25, 0.3) is 0 Å². The third-order valence-electron chi connectivity index (χ3n) is 7.14. The van der Waals surface area contributed by atoms with Gasteiger partial charge in [0, 0.05) is 24.9 Å². The zero-order valence-electron chi connectivity index (χ0n) is 22.6. The highest BCUT2D eigenvalue weighted by Crippen LogP contribution is 2.47. The smallest absolute Gasteiger partial charge is 0.306 e. The van der Waals surface area contributed by atoms with Crippen LogP contribution >= 0.6 is 0 Å². The lowest BCUT2D eigenvalue weighted by Crippen LogP contribution is -2.46. The number of sulfone groups is 1. The van der Waals surface area contributed by atoms with E-state index in [1.807, 2.05) is 18.7 Å². The van der Waals surface area contributed by atoms with Gasteiger partial charge in [0.15, 0.2) is 9.84 Å². The molecule has 0 aromatic heterocycles. The van der Waals surface area contributed by atoms with Crippen LogP contribution in [0, 0.1) is 10.8 Å². The summed E-state index contributed by atoms with van der Waals surface area (Å²) in [7, 11) is -3.54. The highest BCUT2D eigenvalue weighted by Gasteiger charge is 2.48. The summed E-state index contributed by atoms with van der Waals surface area (Å²) in [6.45, 7) is 10.4. The molecule has 0 atom stereocenters. The Labute approximate surface area is 220 Å². The van der Waals surface area contributed by atoms with Gasteiger partial charge < -0.3 is 14.4 Å². The van der Waals surface area contributed by atoms with Gasteiger partial charge in [-0.05, 0) is 88.1 Å². The lowest BCUT2D eigenvalue weighted by molar-refractivity contribution is -0.154. The number of halogens is 1. The first-order valence-corrected chi connectivity index (χ1v) is 14.6. The van der Waals surface area contributed by atoms with Crippen molar-refractivity contribution in [3.8, 4) is 5.75 Å². The molecule has 0 radical (unpaired) electrons. The molecule has 0 unspecified atom stereocenters. The maximum atomic E-state index is 13.3. The number of nitrogens with zero attached hydrogens (tertiary/aromatic N) is 1. The molecule has 7 nitrogen and oxygen atoms in total. The SMILES string of the molecule is CC1(CS(=O)(=O)c2ccc(OC/C(=C/F)CCC(=O)OC(C)(C)C)cc2)CCN(C(=O)C2(C)CC2)CC1. The Kier molecular flexibility index (Phi) is 8.77. The van der Waals surface area contributed by atoms with Crippen molar-refractivity contribution in [3.63, 3.8) is 0 Å². The van der Waals surface area contributed by atoms with Gasteiger partial charge in [0.1, 0.15) is 18.0 Å². The monoisotopic (exact) mass is 537 g/mol. The number of rotatable bonds is 10. The molecule has 1 aliphatic carbocycles. The van der Waals surface area contributed by atoms with Crippen LogP contribution in [0.3, 0.4) is 0 Å². The molecule has 1 aromatic carbocycles. The van der Waals surface area contributed by atoms with Gasteiger partial charge in [-0.1, -0.05) is 13.8 Å². The van der Waals surface area contributed by atoms with Crippen molar-refractivity contribution in [1.29, 1.82) is 0 Å². The number of ether oxygens (including phenoxy) is 2. The quantitative estimate of drug-likeness (QED) is 0.379. The largest absolute Gasteiger partial charge is 0.489 e. The van der Waals surface area contributed by atoms with E-state index in [9.17, 15) is 22.4 Å². The molecule has 2 aliphatic rings. The second-order valence-corrected chi connectivity index (χ2v) is 14.0. The molecule has 9 heteroatoms. The first-order chi connectivity index (χ1) is 17.1. The molecule has 1 saturated heterocycles. The van der Waals surface area contributed by atoms with E-state index in [4.69, 9.17) is 9.47 Å². The fourth-order valence-corrected chi connectivity index (χ4v) is 6.38. The molecule has 1 amide bonds. The van der Waals surface area contributed by atoms with Gasteiger partial charge in [0.2, 0.25) is 5.91 Å². The van der Waals surface area contributed by atoms with Crippen LogP contribution < -0.4 is 4.74 Å². The third kappa shape index (κ3) is 8.28. The lowest BCUT2D eigenvalue weighted by atomic mass is 9.82. The number of hydrogen-bond donors (Lipinski definition) is 0. The van der Waals surface area contributed by atoms with Crippen molar-refractivity contribution in [2.24, 2.45) is 10.8 Å². The van der Waals surface area contributed by atoms with E-state index >= 15 is 0 Å². The van der Waals surface area contributed by atoms with E-state index in [0.29, 0.717) is 43.6 Å². The van der Waals surface area contributed by atoms with Crippen molar-refractivity contribution < 1.29 is 31.9 Å². The second-order valence-electron chi connectivity index (χ2n) is 12.0. The van der Waals surface area contributed by atoms with Crippen molar-refractivity contribution in [1.82, 2.24) is 4.90 Å². The van der Waals surface area contributed by atoms with Crippen molar-refractivity contribution >= 4 is 21.7 Å². The Morgan fingerprint density at radius 3 is 2.14 bits per heavy atom. The summed E-state index contributed by atoms with van der Waals surface area (Å²) in [5, 5.41) is 0. The fraction of sp³-hybridized carbons (Fsp3) is 0.643. The molecule has 206 valence electrons. The molecule has 2 fully saturated rings. The van der Waals surface area contributed by atoms with Crippen molar-refractivity contribution in [2.75, 3.05) is 25.4 Å². The molecule has 0 N–H and O–H groups in total. The minimum absolute atomic E-state index is 0.0128. The minimum Gasteiger partial charge on any atom is -0.489 e. The van der Waals surface area contributed by atoms with Gasteiger partial charge in [-0.25, -0.2) is 12.8 Å². The van der Waals surface area contributed by atoms with E-state index in [2.05, 4.69) is 0 Å². The number of amides is 1. The van der Waals surface area contributed by atoms with Crippen LogP contribution in [-0.4, -0.2) is 56.2 Å². The molecular formula is C28H40FNO6S. The Morgan fingerprint density at radius 2 is 1.62 bits per heavy atom. The number of piperidine rings is 1. The van der Waals surface area contributed by atoms with Gasteiger partial charge in [-0.2, -0.15) is 0 Å². The van der Waals surface area contributed by atoms with Crippen LogP contribution in [0.15, 0.2) is 41.1 Å². The number of esters is 1. The highest BCUT2D eigenvalue weighted by atomic mass is 32.2. The Hall–Kier alpha value is -2.42. The third-order valence-corrected chi connectivity index (χ3v) is 9.21. The van der Waals surface area contributed by atoms with Gasteiger partial charge in [0.05, 0.1) is 17.0 Å². The zero-order chi connectivity index (χ0) is 27.5. The molecule has 1 saturated carbocycles. The topological polar surface area (TPSA) is 90.0 Å². The normalized spacial score (nSPS) is 19.3. The minimum atomic E-state index is -3.54. The first kappa shape index (κ1) is 29.1. The average molecular weight is 538 g/mol. The Morgan fingerprint density at radius 1 is 1.03 bits per heavy atom. The molecule has 1 heterocycles. The van der Waals surface area contributed by atoms with Gasteiger partial charge in [0.25, 0.3) is 0 Å². The van der Waals surface area contributed by atoms with Crippen LogP contribution in [0.2, 0.25) is 0 Å². The van der Waals surface area contributed by atoms with E-state index < -0.39 is 26.8 Å². The molecular weight excluding hydrogens is 497 g/mol. The summed E-state index contributed by atoms with van der Waals surface area (Å²) >= 11 is 0. The molecule has 3 rings (SSSR count). The first-order valence-electron chi connectivity index (χ1n) is 12.9. The average Bonchev–Trinajstić information content (AvgIpc) is 3.56. The Bertz CT molecular complexity index is 1110. The maximum Gasteiger partial charge on any atom is 0.306 e. The summed E-state index contributed by atoms with van der Waals surface area (Å²) in [6, 6.07) is 6.10. The summed E-state index contributed by atoms with van der Waals surface area (Å²) in [5.74, 6) is 0.203. The standard InChI is InChI=1S/C28H40FNO6S/c1-26(2,3)36-24(31)11-6-21(18-29)19-35-22-7-9-23(10-8-22)37(33,34)20-27(4)14-16-30(17-15-27)25(32)28(5)12-13-28/h7-10,18H,6,11-17,19-20H2,1-5H3/b21-18+. The molecule has 1 aromatic rings. The van der Waals surface area contributed by atoms with Crippen LogP contribution in [-0.2, 0) is 24.2 Å². The molecule has 1 aliphatic heterocycles. The maximum absolute atomic E-state index is 13.3. The fourth-order valence-electron chi connectivity index (χ4n) is 4.45. The van der Waals surface area contributed by atoms with Crippen LogP contribution in [0.1, 0.15) is 73.1 Å². The Balaban J connectivity index is 1.50. The second kappa shape index (κ2) is 11.1. The zero-order valence-corrected chi connectivity index (χ0v) is 23.5. The molecule has 37 heavy (non-hydrogen) atoms. The molecule has 0 spiro atoms. The lowest BCUT2D eigenvalue weighted by Gasteiger charge is -2.40. The van der Waals surface area contributed by atoms with E-state index in [1.165, 1.54) is 12.1 Å². The van der Waals surface area contributed by atoms with Gasteiger partial charge in [-0.3, -0.25) is 9.59 Å². The van der Waals surface area contributed by atoms with E-state index in [-0.39, 0.29) is 41.4 Å². The summed E-state index contributed by atoms with van der Waals surface area (Å²) in [5.41, 5.74) is -0.902. The number of likely N-dealkylation sites (tertiary alicyclic amines) is 1. The van der Waals surface area contributed by atoms with Crippen molar-refractivity contribution in [2.45, 2.75) is 83.6 Å². The van der Waals surface area contributed by atoms with Crippen molar-refractivity contribution in [3.05, 3.63) is 36.2 Å². The van der Waals surface area contributed by atoms with E-state index in [0.717, 1.165) is 12.8 Å². The van der Waals surface area contributed by atoms with Gasteiger partial charge >= 0.3 is 5.97 Å². The number of benzene rings is 1. The number of hydrogen-bond acceptors (Lipinski definition) is 6. The van der Waals surface area contributed by atoms with Gasteiger partial charge in [-0.15, -0.1) is 0 Å². The molecule has 0 bridgehead atoms. The predicted molar refractivity (Wildman–Crippen MR) is 140 cm³/mol. The van der Waals surface area contributed by atoms with Crippen LogP contribution in [0.4, 0.5) is 4.39 Å². The number of carbonyl (C=O) groups is 2. The van der Waals surface area contributed by atoms with E-state index in [1.54, 1.807) is 32.9 Å². The van der Waals surface area contributed by atoms with Crippen LogP contribution in [0.5, 0.6) is 5.75 Å². The summed E-state index contributed by atoms with van der Waals surface area (Å²) < 4.78 is 50.4. The predicted octanol–water partition coefficient (Wildman–Crippen LogP) is 5.24.